The topological polar surface area (TPSA) is 29.5 Å². The second-order valence-corrected chi connectivity index (χ2v) is 6.70. The fourth-order valence-corrected chi connectivity index (χ4v) is 3.20. The van der Waals surface area contributed by atoms with E-state index in [0.717, 1.165) is 42.7 Å². The van der Waals surface area contributed by atoms with Crippen LogP contribution in [0.15, 0.2) is 48.5 Å². The van der Waals surface area contributed by atoms with Gasteiger partial charge in [-0.2, -0.15) is 0 Å². The molecule has 0 aromatic heterocycles. The number of benzene rings is 2. The summed E-state index contributed by atoms with van der Waals surface area (Å²) in [7, 11) is 4.15. The molecule has 3 heteroatoms. The molecular weight excluding hydrogens is 298 g/mol. The molecule has 24 heavy (non-hydrogen) atoms. The molecule has 3 nitrogen and oxygen atoms in total. The summed E-state index contributed by atoms with van der Waals surface area (Å²) in [5, 5.41) is 0. The highest BCUT2D eigenvalue weighted by molar-refractivity contribution is 5.98. The molecule has 1 atom stereocenters. The number of nitrogens with zero attached hydrogens (tertiary/aromatic N) is 1. The molecule has 0 radical (unpaired) electrons. The molecule has 2 aromatic carbocycles. The first-order valence-corrected chi connectivity index (χ1v) is 8.66. The van der Waals surface area contributed by atoms with E-state index in [1.165, 1.54) is 5.56 Å². The Kier molecular flexibility index (Phi) is 5.31. The van der Waals surface area contributed by atoms with Crippen LogP contribution in [0, 0.1) is 0 Å². The van der Waals surface area contributed by atoms with Crippen molar-refractivity contribution in [1.82, 2.24) is 4.90 Å². The minimum absolute atomic E-state index is 0.0194. The van der Waals surface area contributed by atoms with Gasteiger partial charge < -0.3 is 9.64 Å². The van der Waals surface area contributed by atoms with Crippen molar-refractivity contribution in [2.24, 2.45) is 0 Å². The van der Waals surface area contributed by atoms with E-state index in [0.29, 0.717) is 6.42 Å². The van der Waals surface area contributed by atoms with Crippen molar-refractivity contribution in [3.63, 3.8) is 0 Å². The molecule has 0 amide bonds. The second-order valence-electron chi connectivity index (χ2n) is 6.70. The number of rotatable bonds is 6. The van der Waals surface area contributed by atoms with Crippen LogP contribution < -0.4 is 4.74 Å². The number of fused-ring (bicyclic) bond motifs is 1. The van der Waals surface area contributed by atoms with Gasteiger partial charge in [0.2, 0.25) is 0 Å². The van der Waals surface area contributed by atoms with E-state index in [-0.39, 0.29) is 11.9 Å². The smallest absolute Gasteiger partial charge is 0.163 e. The Morgan fingerprint density at radius 3 is 2.62 bits per heavy atom. The molecule has 0 saturated heterocycles. The molecule has 2 aromatic rings. The molecule has 1 aliphatic carbocycles. The molecule has 0 bridgehead atoms. The van der Waals surface area contributed by atoms with Crippen LogP contribution in [-0.4, -0.2) is 31.3 Å². The highest BCUT2D eigenvalue weighted by atomic mass is 16.5. The van der Waals surface area contributed by atoms with E-state index in [1.807, 2.05) is 30.3 Å². The lowest BCUT2D eigenvalue weighted by Gasteiger charge is -2.23. The molecular formula is C21H25NO2. The Bertz CT molecular complexity index is 694. The van der Waals surface area contributed by atoms with Crippen LogP contribution in [0.2, 0.25) is 0 Å². The number of carbonyl (C=O) groups excluding carboxylic acids is 1. The quantitative estimate of drug-likeness (QED) is 0.795. The number of Topliss-reactive ketones (excluding diaryl/α,β-unsaturated/α-hetero) is 1. The van der Waals surface area contributed by atoms with Crippen molar-refractivity contribution < 1.29 is 9.53 Å². The SMILES string of the molecule is CN(C)CCC(Oc1ccc2c(c1)CCCC2=O)c1ccccc1. The third-order valence-electron chi connectivity index (χ3n) is 4.52. The van der Waals surface area contributed by atoms with Gasteiger partial charge in [0.25, 0.3) is 0 Å². The Hall–Kier alpha value is -2.13. The number of ketones is 1. The van der Waals surface area contributed by atoms with Crippen molar-refractivity contribution in [3.8, 4) is 5.75 Å². The van der Waals surface area contributed by atoms with Crippen LogP contribution in [0.3, 0.4) is 0 Å². The molecule has 0 fully saturated rings. The molecule has 0 spiro atoms. The fourth-order valence-electron chi connectivity index (χ4n) is 3.20. The van der Waals surface area contributed by atoms with Crippen LogP contribution in [0.1, 0.15) is 46.9 Å². The summed E-state index contributed by atoms with van der Waals surface area (Å²) < 4.78 is 6.31. The Balaban J connectivity index is 1.80. The molecule has 126 valence electrons. The number of hydrogen-bond donors (Lipinski definition) is 0. The molecule has 0 heterocycles. The first-order chi connectivity index (χ1) is 11.6. The summed E-state index contributed by atoms with van der Waals surface area (Å²) in [6, 6.07) is 16.3. The predicted molar refractivity (Wildman–Crippen MR) is 96.7 cm³/mol. The van der Waals surface area contributed by atoms with Crippen molar-refractivity contribution in [1.29, 1.82) is 0 Å². The van der Waals surface area contributed by atoms with Gasteiger partial charge in [-0.05, 0) is 56.3 Å². The normalized spacial score (nSPS) is 15.2. The first-order valence-electron chi connectivity index (χ1n) is 8.66. The average molecular weight is 323 g/mol. The van der Waals surface area contributed by atoms with E-state index in [4.69, 9.17) is 4.74 Å². The molecule has 3 rings (SSSR count). The summed E-state index contributed by atoms with van der Waals surface area (Å²) in [5.74, 6) is 1.12. The van der Waals surface area contributed by atoms with Gasteiger partial charge in [-0.1, -0.05) is 30.3 Å². The standard InChI is InChI=1S/C21H25NO2/c1-22(2)14-13-21(16-7-4-3-5-8-16)24-18-11-12-19-17(15-18)9-6-10-20(19)23/h3-5,7-8,11-12,15,21H,6,9-10,13-14H2,1-2H3. The van der Waals surface area contributed by atoms with Gasteiger partial charge in [-0.3, -0.25) is 4.79 Å². The van der Waals surface area contributed by atoms with Gasteiger partial charge >= 0.3 is 0 Å². The summed E-state index contributed by atoms with van der Waals surface area (Å²) in [6.45, 7) is 0.961. The zero-order chi connectivity index (χ0) is 16.9. The number of carbonyl (C=O) groups is 1. The molecule has 1 unspecified atom stereocenters. The molecule has 1 aliphatic rings. The Morgan fingerprint density at radius 1 is 1.08 bits per heavy atom. The van der Waals surface area contributed by atoms with Crippen molar-refractivity contribution in [2.75, 3.05) is 20.6 Å². The van der Waals surface area contributed by atoms with Gasteiger partial charge in [0.15, 0.2) is 5.78 Å². The van der Waals surface area contributed by atoms with Crippen LogP contribution in [0.5, 0.6) is 5.75 Å². The van der Waals surface area contributed by atoms with Gasteiger partial charge in [-0.15, -0.1) is 0 Å². The first kappa shape index (κ1) is 16.7. The van der Waals surface area contributed by atoms with E-state index in [9.17, 15) is 4.79 Å². The minimum atomic E-state index is 0.0194. The number of aryl methyl sites for hydroxylation is 1. The molecule has 0 aliphatic heterocycles. The van der Waals surface area contributed by atoms with Crippen molar-refractivity contribution in [3.05, 3.63) is 65.2 Å². The van der Waals surface area contributed by atoms with Crippen LogP contribution in [0.25, 0.3) is 0 Å². The maximum absolute atomic E-state index is 12.0. The van der Waals surface area contributed by atoms with Crippen LogP contribution in [0.4, 0.5) is 0 Å². The minimum Gasteiger partial charge on any atom is -0.486 e. The third kappa shape index (κ3) is 4.04. The monoisotopic (exact) mass is 323 g/mol. The summed E-state index contributed by atoms with van der Waals surface area (Å²) in [6.07, 6.45) is 3.52. The highest BCUT2D eigenvalue weighted by Gasteiger charge is 2.19. The van der Waals surface area contributed by atoms with Crippen LogP contribution >= 0.6 is 0 Å². The van der Waals surface area contributed by atoms with Gasteiger partial charge in [0.05, 0.1) is 0 Å². The fraction of sp³-hybridized carbons (Fsp3) is 0.381. The van der Waals surface area contributed by atoms with Gasteiger partial charge in [-0.25, -0.2) is 0 Å². The number of ether oxygens (including phenoxy) is 1. The van der Waals surface area contributed by atoms with Crippen LogP contribution in [-0.2, 0) is 6.42 Å². The predicted octanol–water partition coefficient (Wildman–Crippen LogP) is 4.28. The lowest BCUT2D eigenvalue weighted by atomic mass is 9.90. The average Bonchev–Trinajstić information content (AvgIpc) is 2.59. The van der Waals surface area contributed by atoms with E-state index in [2.05, 4.69) is 37.2 Å². The zero-order valence-electron chi connectivity index (χ0n) is 14.5. The third-order valence-corrected chi connectivity index (χ3v) is 4.52. The number of hydrogen-bond acceptors (Lipinski definition) is 3. The van der Waals surface area contributed by atoms with Crippen molar-refractivity contribution in [2.45, 2.75) is 31.8 Å². The molecule has 0 N–H and O–H groups in total. The van der Waals surface area contributed by atoms with E-state index < -0.39 is 0 Å². The van der Waals surface area contributed by atoms with Gasteiger partial charge in [0.1, 0.15) is 11.9 Å². The second kappa shape index (κ2) is 7.63. The largest absolute Gasteiger partial charge is 0.486 e. The summed E-state index contributed by atoms with van der Waals surface area (Å²) in [5.41, 5.74) is 3.19. The van der Waals surface area contributed by atoms with E-state index in [1.54, 1.807) is 0 Å². The Morgan fingerprint density at radius 2 is 1.88 bits per heavy atom. The lowest BCUT2D eigenvalue weighted by molar-refractivity contribution is 0.0972. The highest BCUT2D eigenvalue weighted by Crippen LogP contribution is 2.29. The molecule has 0 saturated carbocycles. The van der Waals surface area contributed by atoms with Crippen molar-refractivity contribution >= 4 is 5.78 Å². The lowest BCUT2D eigenvalue weighted by Crippen LogP contribution is -2.19. The summed E-state index contributed by atoms with van der Waals surface area (Å²) >= 11 is 0. The summed E-state index contributed by atoms with van der Waals surface area (Å²) in [4.78, 5) is 14.1. The Labute approximate surface area is 144 Å². The zero-order valence-corrected chi connectivity index (χ0v) is 14.5. The van der Waals surface area contributed by atoms with E-state index >= 15 is 0 Å². The maximum atomic E-state index is 12.0. The maximum Gasteiger partial charge on any atom is 0.163 e. The van der Waals surface area contributed by atoms with Gasteiger partial charge in [0, 0.05) is 24.9 Å².